The van der Waals surface area contributed by atoms with Gasteiger partial charge in [0.1, 0.15) is 17.4 Å². The van der Waals surface area contributed by atoms with Crippen molar-refractivity contribution >= 4 is 23.3 Å². The summed E-state index contributed by atoms with van der Waals surface area (Å²) in [5.74, 6) is -2.91. The number of fused-ring (bicyclic) bond motifs is 5. The van der Waals surface area contributed by atoms with E-state index < -0.39 is 53.2 Å². The van der Waals surface area contributed by atoms with Crippen molar-refractivity contribution in [2.24, 2.45) is 39.7 Å². The Labute approximate surface area is 283 Å². The number of hydrogen-bond acceptors (Lipinski definition) is 10. The van der Waals surface area contributed by atoms with Crippen LogP contribution in [0.2, 0.25) is 0 Å². The van der Waals surface area contributed by atoms with Crippen molar-refractivity contribution in [3.05, 3.63) is 42.7 Å². The Hall–Kier alpha value is -3.45. The number of oxime groups is 1. The molecule has 0 spiro atoms. The third kappa shape index (κ3) is 8.22. The van der Waals surface area contributed by atoms with Gasteiger partial charge in [-0.3, -0.25) is 9.59 Å². The molecule has 264 valence electrons. The second-order valence-corrected chi connectivity index (χ2v) is 14.0. The molecule has 0 saturated carbocycles. The molecule has 2 aliphatic heterocycles. The molecule has 4 rings (SSSR count). The van der Waals surface area contributed by atoms with Gasteiger partial charge < -0.3 is 29.3 Å². The van der Waals surface area contributed by atoms with Gasteiger partial charge in [-0.1, -0.05) is 39.8 Å². The highest BCUT2D eigenvalue weighted by atomic mass is 16.6. The zero-order valence-electron chi connectivity index (χ0n) is 29.6. The Morgan fingerprint density at radius 2 is 1.79 bits per heavy atom. The van der Waals surface area contributed by atoms with Crippen LogP contribution < -0.4 is 4.84 Å². The van der Waals surface area contributed by atoms with Crippen molar-refractivity contribution in [2.45, 2.75) is 105 Å². The van der Waals surface area contributed by atoms with E-state index in [2.05, 4.69) is 15.2 Å². The summed E-state index contributed by atoms with van der Waals surface area (Å²) in [6, 6.07) is 9.12. The number of rotatable bonds is 4. The minimum Gasteiger partial charge on any atom is -0.459 e. The van der Waals surface area contributed by atoms with E-state index in [9.17, 15) is 19.8 Å². The number of amides is 1. The van der Waals surface area contributed by atoms with Crippen molar-refractivity contribution in [3.63, 3.8) is 0 Å². The molecule has 10 atom stereocenters. The van der Waals surface area contributed by atoms with E-state index in [0.717, 1.165) is 5.69 Å². The number of aliphatic hydroxyl groups excluding tert-OH is 1. The van der Waals surface area contributed by atoms with Crippen LogP contribution in [0.5, 0.6) is 5.75 Å². The molecule has 2 saturated heterocycles. The zero-order chi connectivity index (χ0) is 35.4. The maximum absolute atomic E-state index is 13.4. The van der Waals surface area contributed by atoms with Crippen molar-refractivity contribution in [1.29, 1.82) is 0 Å². The second-order valence-electron chi connectivity index (χ2n) is 14.0. The smallest absolute Gasteiger partial charge is 0.311 e. The van der Waals surface area contributed by atoms with Gasteiger partial charge in [-0.05, 0) is 81.7 Å². The number of aliphatic imine (C=N–C) groups is 1. The highest BCUT2D eigenvalue weighted by molar-refractivity contribution is 5.98. The summed E-state index contributed by atoms with van der Waals surface area (Å²) in [7, 11) is 0. The number of nitrogens with zero attached hydrogens (tertiary/aromatic N) is 4. The van der Waals surface area contributed by atoms with E-state index in [4.69, 9.17) is 19.0 Å². The lowest BCUT2D eigenvalue weighted by Gasteiger charge is -2.45. The molecule has 2 N–H and O–H groups in total. The molecule has 1 unspecified atom stereocenters. The van der Waals surface area contributed by atoms with Crippen LogP contribution in [-0.4, -0.2) is 86.0 Å². The number of ether oxygens (including phenoxy) is 3. The number of aliphatic hydroxyl groups is 2. The first kappa shape index (κ1) is 37.4. The van der Waals surface area contributed by atoms with Crippen LogP contribution in [0, 0.1) is 29.6 Å². The molecule has 2 aliphatic rings. The van der Waals surface area contributed by atoms with Gasteiger partial charge in [0.15, 0.2) is 5.75 Å². The molecule has 2 bridgehead atoms. The quantitative estimate of drug-likeness (QED) is 0.346. The predicted molar refractivity (Wildman–Crippen MR) is 181 cm³/mol. The van der Waals surface area contributed by atoms with E-state index in [0.29, 0.717) is 23.6 Å². The summed E-state index contributed by atoms with van der Waals surface area (Å²) < 4.78 is 20.9. The second kappa shape index (κ2) is 15.4. The van der Waals surface area contributed by atoms with E-state index in [1.54, 1.807) is 36.9 Å². The Morgan fingerprint density at radius 3 is 2.40 bits per heavy atom. The van der Waals surface area contributed by atoms with E-state index >= 15 is 0 Å². The molecule has 2 fully saturated rings. The Morgan fingerprint density at radius 1 is 1.10 bits per heavy atom. The maximum atomic E-state index is 13.4. The molecule has 0 radical (unpaired) electrons. The Bertz CT molecular complexity index is 1460. The molecule has 3 heterocycles. The lowest BCUT2D eigenvalue weighted by Crippen LogP contribution is -2.57. The number of carbonyl (C=O) groups is 2. The zero-order valence-corrected chi connectivity index (χ0v) is 29.6. The van der Waals surface area contributed by atoms with E-state index in [1.165, 1.54) is 6.92 Å². The fraction of sp³-hybridized carbons (Fsp3) is 0.639. The molecular weight excluding hydrogens is 616 g/mol. The number of esters is 1. The first-order valence-electron chi connectivity index (χ1n) is 16.9. The topological polar surface area (TPSA) is 154 Å². The fourth-order valence-corrected chi connectivity index (χ4v) is 7.13. The van der Waals surface area contributed by atoms with Crippen LogP contribution in [-0.2, 0) is 23.8 Å². The third-order valence-corrected chi connectivity index (χ3v) is 10.3. The standard InChI is InChI=1S/C36H52N4O8/c1-10-30-36(9,44)33-23(4)31(38-26(7)41)21(2)18-35(8,25(6)22(3)32(42)24(5)34(43)47-30)46-20-27(19-45-33)39-48-29-14-12-28(13-15-29)40-17-11-16-37-40/h11-17,21-25,30,32-33,42,44H,10,18-20H2,1-9H3/b38-31+,39-27+/t21-,22-,23+,24-,25-,30-,32+,33?,35-,36-/m1/s1. The summed E-state index contributed by atoms with van der Waals surface area (Å²) in [6.45, 7) is 16.0. The summed E-state index contributed by atoms with van der Waals surface area (Å²) in [5.41, 5.74) is -0.800. The van der Waals surface area contributed by atoms with Crippen LogP contribution in [0.4, 0.5) is 0 Å². The van der Waals surface area contributed by atoms with Gasteiger partial charge in [0, 0.05) is 30.9 Å². The molecule has 1 amide bonds. The molecule has 48 heavy (non-hydrogen) atoms. The van der Waals surface area contributed by atoms with Gasteiger partial charge in [-0.25, -0.2) is 9.67 Å². The monoisotopic (exact) mass is 668 g/mol. The van der Waals surface area contributed by atoms with Crippen LogP contribution in [0.3, 0.4) is 0 Å². The van der Waals surface area contributed by atoms with Gasteiger partial charge in [0.2, 0.25) is 5.91 Å². The molecular formula is C36H52N4O8. The first-order valence-corrected chi connectivity index (χ1v) is 16.9. The predicted octanol–water partition coefficient (Wildman–Crippen LogP) is 4.79. The summed E-state index contributed by atoms with van der Waals surface area (Å²) in [5, 5.41) is 32.4. The summed E-state index contributed by atoms with van der Waals surface area (Å²) in [6.07, 6.45) is 1.21. The van der Waals surface area contributed by atoms with Gasteiger partial charge in [-0.2, -0.15) is 5.10 Å². The van der Waals surface area contributed by atoms with Crippen molar-refractivity contribution in [3.8, 4) is 11.4 Å². The molecule has 1 aromatic heterocycles. The Balaban J connectivity index is 1.83. The van der Waals surface area contributed by atoms with Crippen LogP contribution in [0.1, 0.15) is 75.2 Å². The molecule has 12 heteroatoms. The average molecular weight is 669 g/mol. The van der Waals surface area contributed by atoms with Crippen molar-refractivity contribution in [1.82, 2.24) is 9.78 Å². The lowest BCUT2D eigenvalue weighted by atomic mass is 9.70. The summed E-state index contributed by atoms with van der Waals surface area (Å²) in [4.78, 5) is 36.3. The Kier molecular flexibility index (Phi) is 12.0. The number of cyclic esters (lactones) is 1. The van der Waals surface area contributed by atoms with Gasteiger partial charge in [-0.15, -0.1) is 0 Å². The SMILES string of the molecule is CC[C@H]1OC(=O)[C@H](C)[C@@H](O)[C@H](C)[C@@H](C)[C@@]2(C)C[C@@H](C)/C(=N\C(C)=O)[C@H](C)C(OC/C(=N\Oc3ccc(-n4cccn4)cc3)CO2)[C@]1(C)O. The van der Waals surface area contributed by atoms with Gasteiger partial charge in [0.05, 0.1) is 42.6 Å². The van der Waals surface area contributed by atoms with Crippen LogP contribution >= 0.6 is 0 Å². The molecule has 0 aliphatic carbocycles. The number of aromatic nitrogens is 2. The van der Waals surface area contributed by atoms with Crippen LogP contribution in [0.15, 0.2) is 52.9 Å². The fourth-order valence-electron chi connectivity index (χ4n) is 7.13. The van der Waals surface area contributed by atoms with Crippen molar-refractivity contribution < 1.29 is 38.9 Å². The third-order valence-electron chi connectivity index (χ3n) is 10.3. The lowest BCUT2D eigenvalue weighted by molar-refractivity contribution is -0.195. The average Bonchev–Trinajstić information content (AvgIpc) is 3.59. The van der Waals surface area contributed by atoms with Gasteiger partial charge >= 0.3 is 5.97 Å². The number of hydrogen-bond donors (Lipinski definition) is 2. The molecule has 12 nitrogen and oxygen atoms in total. The van der Waals surface area contributed by atoms with Crippen molar-refractivity contribution in [2.75, 3.05) is 13.2 Å². The van der Waals surface area contributed by atoms with Gasteiger partial charge in [0.25, 0.3) is 0 Å². The van der Waals surface area contributed by atoms with E-state index in [-0.39, 0.29) is 37.4 Å². The van der Waals surface area contributed by atoms with Crippen LogP contribution in [0.25, 0.3) is 5.69 Å². The minimum absolute atomic E-state index is 0.0202. The normalized spacial score (nSPS) is 37.3. The maximum Gasteiger partial charge on any atom is 0.311 e. The number of carbonyl (C=O) groups excluding carboxylic acids is 2. The highest BCUT2D eigenvalue weighted by Crippen LogP contribution is 2.40. The molecule has 1 aromatic carbocycles. The number of benzene rings is 1. The first-order chi connectivity index (χ1) is 22.6. The highest BCUT2D eigenvalue weighted by Gasteiger charge is 2.50. The molecule has 2 aromatic rings. The summed E-state index contributed by atoms with van der Waals surface area (Å²) >= 11 is 0. The largest absolute Gasteiger partial charge is 0.459 e. The minimum atomic E-state index is -1.73. The van der Waals surface area contributed by atoms with E-state index in [1.807, 2.05) is 65.9 Å².